The molecule has 1 aliphatic heterocycles. The summed E-state index contributed by atoms with van der Waals surface area (Å²) in [7, 11) is 2.37. The van der Waals surface area contributed by atoms with E-state index < -0.39 is 0 Å². The Labute approximate surface area is 265 Å². The molecule has 1 heteroatoms. The van der Waals surface area contributed by atoms with Gasteiger partial charge in [0.25, 0.3) is 0 Å². The van der Waals surface area contributed by atoms with Gasteiger partial charge in [-0.2, -0.15) is 0 Å². The van der Waals surface area contributed by atoms with Crippen molar-refractivity contribution in [1.29, 1.82) is 0 Å². The quantitative estimate of drug-likeness (QED) is 0.0504. The van der Waals surface area contributed by atoms with Crippen LogP contribution in [-0.2, 0) is 0 Å². The smallest absolute Gasteiger partial charge is 0.00955 e. The highest BCUT2D eigenvalue weighted by Crippen LogP contribution is 2.47. The Bertz CT molecular complexity index is 700. The Morgan fingerprint density at radius 2 is 0.929 bits per heavy atom. The molecule has 0 aliphatic carbocycles. The number of hydrogen-bond donors (Lipinski definition) is 0. The average Bonchev–Trinajstić information content (AvgIpc) is 3.20. The fourth-order valence-corrected chi connectivity index (χ4v) is 7.01. The van der Waals surface area contributed by atoms with Gasteiger partial charge in [0.2, 0.25) is 0 Å². The van der Waals surface area contributed by atoms with Crippen LogP contribution < -0.4 is 0 Å². The summed E-state index contributed by atoms with van der Waals surface area (Å²) in [6.45, 7) is 10.9. The van der Waals surface area contributed by atoms with Gasteiger partial charge in [0.1, 0.15) is 0 Å². The van der Waals surface area contributed by atoms with E-state index in [2.05, 4.69) is 88.3 Å². The summed E-state index contributed by atoms with van der Waals surface area (Å²) in [4.78, 5) is 2.66. The van der Waals surface area contributed by atoms with Crippen LogP contribution in [0.2, 0.25) is 0 Å². The van der Waals surface area contributed by atoms with Crippen LogP contribution in [0.1, 0.15) is 182 Å². The molecule has 0 aromatic heterocycles. The van der Waals surface area contributed by atoms with Gasteiger partial charge in [-0.1, -0.05) is 153 Å². The monoisotopic (exact) mass is 582 g/mol. The second kappa shape index (κ2) is 27.5. The molecule has 3 atom stereocenters. The average molecular weight is 582 g/mol. The molecule has 244 valence electrons. The maximum Gasteiger partial charge on any atom is 0.00955 e. The highest BCUT2D eigenvalue weighted by Gasteiger charge is 2.45. The first kappa shape index (κ1) is 38.9. The van der Waals surface area contributed by atoms with Crippen molar-refractivity contribution in [3.8, 4) is 0 Å². The van der Waals surface area contributed by atoms with E-state index >= 15 is 0 Å². The van der Waals surface area contributed by atoms with E-state index in [4.69, 9.17) is 0 Å². The predicted octanol–water partition coefficient (Wildman–Crippen LogP) is 13.6. The SMILES string of the molecule is CCCCC/C=C\C/C=C\CCCCCCCCC1(CCCCCCC/C=C/C=C/CCCCC)CN(C)C(C)C1C. The molecule has 1 saturated heterocycles. The van der Waals surface area contributed by atoms with Crippen LogP contribution in [0.5, 0.6) is 0 Å². The van der Waals surface area contributed by atoms with Crippen molar-refractivity contribution in [2.24, 2.45) is 11.3 Å². The van der Waals surface area contributed by atoms with Gasteiger partial charge in [0, 0.05) is 12.6 Å². The lowest BCUT2D eigenvalue weighted by atomic mass is 9.70. The second-order valence-corrected chi connectivity index (χ2v) is 13.8. The lowest BCUT2D eigenvalue weighted by Gasteiger charge is -2.34. The van der Waals surface area contributed by atoms with E-state index in [0.29, 0.717) is 5.41 Å². The zero-order valence-electron chi connectivity index (χ0n) is 29.4. The van der Waals surface area contributed by atoms with Crippen LogP contribution in [0.3, 0.4) is 0 Å². The molecule has 1 nitrogen and oxygen atoms in total. The molecular formula is C41H75N. The van der Waals surface area contributed by atoms with Crippen LogP contribution in [0.15, 0.2) is 48.6 Å². The number of likely N-dealkylation sites (tertiary alicyclic amines) is 1. The molecular weight excluding hydrogens is 506 g/mol. The van der Waals surface area contributed by atoms with Crippen LogP contribution in [0, 0.1) is 11.3 Å². The topological polar surface area (TPSA) is 3.24 Å². The van der Waals surface area contributed by atoms with Crippen molar-refractivity contribution < 1.29 is 0 Å². The largest absolute Gasteiger partial charge is 0.303 e. The third-order valence-corrected chi connectivity index (χ3v) is 10.2. The molecule has 0 saturated carbocycles. The maximum atomic E-state index is 2.66. The summed E-state index contributed by atoms with van der Waals surface area (Å²) < 4.78 is 0. The van der Waals surface area contributed by atoms with E-state index in [-0.39, 0.29) is 0 Å². The molecule has 1 rings (SSSR count). The van der Waals surface area contributed by atoms with Gasteiger partial charge in [-0.15, -0.1) is 0 Å². The van der Waals surface area contributed by atoms with E-state index in [9.17, 15) is 0 Å². The van der Waals surface area contributed by atoms with E-state index in [1.165, 1.54) is 154 Å². The Balaban J connectivity index is 2.14. The first-order valence-corrected chi connectivity index (χ1v) is 18.9. The Morgan fingerprint density at radius 1 is 0.524 bits per heavy atom. The number of unbranched alkanes of at least 4 members (excludes halogenated alkanes) is 17. The Morgan fingerprint density at radius 3 is 1.36 bits per heavy atom. The molecule has 0 bridgehead atoms. The molecule has 3 unspecified atom stereocenters. The molecule has 0 radical (unpaired) electrons. The Hall–Kier alpha value is -1.08. The van der Waals surface area contributed by atoms with Gasteiger partial charge >= 0.3 is 0 Å². The fourth-order valence-electron chi connectivity index (χ4n) is 7.01. The normalized spacial score (nSPS) is 21.8. The van der Waals surface area contributed by atoms with E-state index in [0.717, 1.165) is 18.4 Å². The van der Waals surface area contributed by atoms with Crippen LogP contribution >= 0.6 is 0 Å². The maximum absolute atomic E-state index is 2.66. The number of rotatable bonds is 28. The zero-order valence-corrected chi connectivity index (χ0v) is 29.4. The summed E-state index contributed by atoms with van der Waals surface area (Å²) in [5.74, 6) is 0.834. The molecule has 1 aliphatic rings. The third kappa shape index (κ3) is 19.2. The predicted molar refractivity (Wildman–Crippen MR) is 192 cm³/mol. The molecule has 0 aromatic rings. The minimum Gasteiger partial charge on any atom is -0.303 e. The molecule has 42 heavy (non-hydrogen) atoms. The summed E-state index contributed by atoms with van der Waals surface area (Å²) in [6, 6.07) is 0.738. The van der Waals surface area contributed by atoms with Gasteiger partial charge < -0.3 is 4.90 Å². The lowest BCUT2D eigenvalue weighted by Crippen LogP contribution is -2.29. The number of nitrogens with zero attached hydrogens (tertiary/aromatic N) is 1. The van der Waals surface area contributed by atoms with Crippen molar-refractivity contribution in [3.63, 3.8) is 0 Å². The summed E-state index contributed by atoms with van der Waals surface area (Å²) in [6.07, 6.45) is 51.3. The minimum atomic E-state index is 0.565. The van der Waals surface area contributed by atoms with Crippen molar-refractivity contribution >= 4 is 0 Å². The Kier molecular flexibility index (Phi) is 25.5. The standard InChI is InChI=1S/C41H75N/c1-6-8-10-12-14-16-18-20-22-23-25-27-29-31-33-35-37-41(38-42(5)40(4)39(41)3)36-34-32-30-28-26-24-21-19-17-15-13-11-9-7-2/h14-17,19-22,39-40H,6-13,18,23-38H2,1-5H3/b16-14-,17-15+,21-19+,22-20-. The second-order valence-electron chi connectivity index (χ2n) is 13.8. The van der Waals surface area contributed by atoms with E-state index in [1.807, 2.05) is 0 Å². The highest BCUT2D eigenvalue weighted by atomic mass is 15.2. The summed E-state index contributed by atoms with van der Waals surface area (Å²) >= 11 is 0. The van der Waals surface area contributed by atoms with Gasteiger partial charge in [0.05, 0.1) is 0 Å². The van der Waals surface area contributed by atoms with Gasteiger partial charge in [0.15, 0.2) is 0 Å². The summed E-state index contributed by atoms with van der Waals surface area (Å²) in [5, 5.41) is 0. The number of hydrogen-bond acceptors (Lipinski definition) is 1. The van der Waals surface area contributed by atoms with Crippen molar-refractivity contribution in [2.45, 2.75) is 188 Å². The van der Waals surface area contributed by atoms with E-state index in [1.54, 1.807) is 0 Å². The molecule has 1 heterocycles. The molecule has 0 aromatic carbocycles. The molecule has 0 N–H and O–H groups in total. The zero-order chi connectivity index (χ0) is 30.6. The molecule has 0 amide bonds. The first-order chi connectivity index (χ1) is 20.6. The molecule has 1 fully saturated rings. The van der Waals surface area contributed by atoms with Crippen molar-refractivity contribution in [1.82, 2.24) is 4.90 Å². The highest BCUT2D eigenvalue weighted by molar-refractivity contribution is 5.02. The molecule has 0 spiro atoms. The lowest BCUT2D eigenvalue weighted by molar-refractivity contribution is 0.173. The first-order valence-electron chi connectivity index (χ1n) is 18.9. The van der Waals surface area contributed by atoms with Crippen LogP contribution in [0.4, 0.5) is 0 Å². The third-order valence-electron chi connectivity index (χ3n) is 10.2. The van der Waals surface area contributed by atoms with Crippen LogP contribution in [-0.4, -0.2) is 24.5 Å². The minimum absolute atomic E-state index is 0.565. The van der Waals surface area contributed by atoms with Crippen molar-refractivity contribution in [3.05, 3.63) is 48.6 Å². The van der Waals surface area contributed by atoms with Gasteiger partial charge in [-0.05, 0) is 95.9 Å². The van der Waals surface area contributed by atoms with Gasteiger partial charge in [-0.3, -0.25) is 0 Å². The summed E-state index contributed by atoms with van der Waals surface area (Å²) in [5.41, 5.74) is 0.565. The van der Waals surface area contributed by atoms with Gasteiger partial charge in [-0.25, -0.2) is 0 Å². The van der Waals surface area contributed by atoms with Crippen LogP contribution in [0.25, 0.3) is 0 Å². The number of allylic oxidation sites excluding steroid dienone is 8. The fraction of sp³-hybridized carbons (Fsp3) is 0.805. The van der Waals surface area contributed by atoms with Crippen molar-refractivity contribution in [2.75, 3.05) is 13.6 Å².